The van der Waals surface area contributed by atoms with Gasteiger partial charge in [0.05, 0.1) is 17.8 Å². The minimum atomic E-state index is -0.754. The lowest BCUT2D eigenvalue weighted by atomic mass is 9.94. The summed E-state index contributed by atoms with van der Waals surface area (Å²) in [6.07, 6.45) is 5.09. The van der Waals surface area contributed by atoms with Crippen LogP contribution in [0.5, 0.6) is 0 Å². The highest BCUT2D eigenvalue weighted by atomic mass is 16.4. The van der Waals surface area contributed by atoms with Crippen LogP contribution >= 0.6 is 0 Å². The van der Waals surface area contributed by atoms with Crippen molar-refractivity contribution in [2.75, 3.05) is 0 Å². The molecule has 0 radical (unpaired) electrons. The Morgan fingerprint density at radius 3 is 2.70 bits per heavy atom. The van der Waals surface area contributed by atoms with Gasteiger partial charge in [-0.05, 0) is 43.4 Å². The molecule has 0 atom stereocenters. The Morgan fingerprint density at radius 1 is 1.20 bits per heavy atom. The fourth-order valence-electron chi connectivity index (χ4n) is 2.88. The average Bonchev–Trinajstić information content (AvgIpc) is 2.84. The van der Waals surface area contributed by atoms with E-state index < -0.39 is 5.97 Å². The van der Waals surface area contributed by atoms with Gasteiger partial charge in [0.25, 0.3) is 0 Å². The first kappa shape index (κ1) is 12.9. The second kappa shape index (κ2) is 5.49. The van der Waals surface area contributed by atoms with Gasteiger partial charge in [-0.2, -0.15) is 5.10 Å². The topological polar surface area (TPSA) is 55.1 Å². The number of benzene rings is 1. The van der Waals surface area contributed by atoms with Crippen LogP contribution in [0.1, 0.15) is 36.2 Å². The quantitative estimate of drug-likeness (QED) is 0.929. The van der Waals surface area contributed by atoms with Crippen LogP contribution in [0.15, 0.2) is 30.3 Å². The summed E-state index contributed by atoms with van der Waals surface area (Å²) in [6.45, 7) is 0. The Kier molecular flexibility index (Phi) is 3.54. The molecular formula is C16H18N2O2. The maximum absolute atomic E-state index is 10.9. The number of carboxylic acid groups (broad SMARTS) is 1. The van der Waals surface area contributed by atoms with Crippen LogP contribution in [0, 0.1) is 0 Å². The molecule has 20 heavy (non-hydrogen) atoms. The number of hydrogen-bond donors (Lipinski definition) is 1. The standard InChI is InChI=1S/C16H18N2O2/c19-16(20)11-10-15-13-8-4-5-9-14(13)17-18(15)12-6-2-1-3-7-12/h1-3,6-7H,4-5,8-11H2,(H,19,20). The van der Waals surface area contributed by atoms with Gasteiger partial charge >= 0.3 is 5.97 Å². The second-order valence-electron chi connectivity index (χ2n) is 5.22. The van der Waals surface area contributed by atoms with Crippen molar-refractivity contribution >= 4 is 5.97 Å². The second-order valence-corrected chi connectivity index (χ2v) is 5.22. The molecule has 0 aliphatic heterocycles. The SMILES string of the molecule is O=C(O)CCc1c2c(nn1-c1ccccc1)CCCC2. The van der Waals surface area contributed by atoms with E-state index in [2.05, 4.69) is 0 Å². The summed E-state index contributed by atoms with van der Waals surface area (Å²) in [4.78, 5) is 10.9. The number of hydrogen-bond acceptors (Lipinski definition) is 2. The summed E-state index contributed by atoms with van der Waals surface area (Å²) >= 11 is 0. The van der Waals surface area contributed by atoms with Gasteiger partial charge in [0, 0.05) is 12.1 Å². The number of carbonyl (C=O) groups is 1. The van der Waals surface area contributed by atoms with Crippen LogP contribution < -0.4 is 0 Å². The first-order valence-corrected chi connectivity index (χ1v) is 7.12. The molecule has 0 fully saturated rings. The number of fused-ring (bicyclic) bond motifs is 1. The first-order chi connectivity index (χ1) is 9.75. The normalized spacial score (nSPS) is 14.0. The highest BCUT2D eigenvalue weighted by Crippen LogP contribution is 2.27. The van der Waals surface area contributed by atoms with Crippen LogP contribution in [0.2, 0.25) is 0 Å². The Bertz CT molecular complexity index is 617. The van der Waals surface area contributed by atoms with Gasteiger partial charge in [-0.25, -0.2) is 4.68 Å². The van der Waals surface area contributed by atoms with Crippen LogP contribution in [0.3, 0.4) is 0 Å². The monoisotopic (exact) mass is 270 g/mol. The third kappa shape index (κ3) is 2.46. The van der Waals surface area contributed by atoms with E-state index in [1.165, 1.54) is 18.4 Å². The van der Waals surface area contributed by atoms with E-state index in [9.17, 15) is 4.79 Å². The molecule has 1 heterocycles. The summed E-state index contributed by atoms with van der Waals surface area (Å²) in [6, 6.07) is 9.98. The van der Waals surface area contributed by atoms with Crippen molar-refractivity contribution in [3.63, 3.8) is 0 Å². The molecule has 1 aliphatic rings. The van der Waals surface area contributed by atoms with E-state index in [0.29, 0.717) is 6.42 Å². The molecule has 104 valence electrons. The average molecular weight is 270 g/mol. The molecule has 0 saturated carbocycles. The Morgan fingerprint density at radius 2 is 1.95 bits per heavy atom. The molecule has 0 saturated heterocycles. The van der Waals surface area contributed by atoms with Gasteiger partial charge in [-0.15, -0.1) is 0 Å². The number of para-hydroxylation sites is 1. The molecule has 0 unspecified atom stereocenters. The zero-order chi connectivity index (χ0) is 13.9. The molecule has 2 aromatic rings. The summed E-state index contributed by atoms with van der Waals surface area (Å²) in [5.41, 5.74) is 4.53. The van der Waals surface area contributed by atoms with Gasteiger partial charge < -0.3 is 5.11 Å². The molecule has 0 spiro atoms. The van der Waals surface area contributed by atoms with E-state index in [1.807, 2.05) is 35.0 Å². The predicted molar refractivity (Wildman–Crippen MR) is 76.2 cm³/mol. The van der Waals surface area contributed by atoms with Crippen molar-refractivity contribution in [2.45, 2.75) is 38.5 Å². The Hall–Kier alpha value is -2.10. The van der Waals surface area contributed by atoms with Gasteiger partial charge in [0.15, 0.2) is 0 Å². The molecular weight excluding hydrogens is 252 g/mol. The van der Waals surface area contributed by atoms with Gasteiger partial charge in [0.1, 0.15) is 0 Å². The summed E-state index contributed by atoms with van der Waals surface area (Å²) < 4.78 is 1.94. The number of rotatable bonds is 4. The van der Waals surface area contributed by atoms with Crippen molar-refractivity contribution in [1.29, 1.82) is 0 Å². The number of carboxylic acids is 1. The molecule has 1 N–H and O–H groups in total. The molecule has 4 heteroatoms. The first-order valence-electron chi connectivity index (χ1n) is 7.12. The number of aryl methyl sites for hydroxylation is 1. The van der Waals surface area contributed by atoms with E-state index in [4.69, 9.17) is 10.2 Å². The summed E-state index contributed by atoms with van der Waals surface area (Å²) in [5, 5.41) is 13.7. The maximum atomic E-state index is 10.9. The van der Waals surface area contributed by atoms with Gasteiger partial charge in [-0.3, -0.25) is 4.79 Å². The lowest BCUT2D eigenvalue weighted by molar-refractivity contribution is -0.136. The number of aliphatic carboxylic acids is 1. The minimum Gasteiger partial charge on any atom is -0.481 e. The van der Waals surface area contributed by atoms with Crippen molar-refractivity contribution in [3.05, 3.63) is 47.3 Å². The third-order valence-electron chi connectivity index (χ3n) is 3.84. The van der Waals surface area contributed by atoms with E-state index in [0.717, 1.165) is 29.9 Å². The molecule has 4 nitrogen and oxygen atoms in total. The van der Waals surface area contributed by atoms with E-state index >= 15 is 0 Å². The zero-order valence-corrected chi connectivity index (χ0v) is 11.4. The lowest BCUT2D eigenvalue weighted by Gasteiger charge is -2.11. The molecule has 1 aromatic carbocycles. The zero-order valence-electron chi connectivity index (χ0n) is 11.4. The largest absolute Gasteiger partial charge is 0.481 e. The number of aromatic nitrogens is 2. The molecule has 1 aliphatic carbocycles. The Balaban J connectivity index is 2.03. The van der Waals surface area contributed by atoms with Crippen LogP contribution in [0.25, 0.3) is 5.69 Å². The van der Waals surface area contributed by atoms with Crippen molar-refractivity contribution < 1.29 is 9.90 Å². The fourth-order valence-corrected chi connectivity index (χ4v) is 2.88. The smallest absolute Gasteiger partial charge is 0.303 e. The molecule has 0 amide bonds. The third-order valence-corrected chi connectivity index (χ3v) is 3.84. The number of nitrogens with zero attached hydrogens (tertiary/aromatic N) is 2. The summed E-state index contributed by atoms with van der Waals surface area (Å²) in [7, 11) is 0. The van der Waals surface area contributed by atoms with Crippen LogP contribution in [0.4, 0.5) is 0 Å². The summed E-state index contributed by atoms with van der Waals surface area (Å²) in [5.74, 6) is -0.754. The highest BCUT2D eigenvalue weighted by molar-refractivity contribution is 5.67. The maximum Gasteiger partial charge on any atom is 0.303 e. The lowest BCUT2D eigenvalue weighted by Crippen LogP contribution is -2.07. The molecule has 0 bridgehead atoms. The van der Waals surface area contributed by atoms with Crippen molar-refractivity contribution in [3.8, 4) is 5.69 Å². The Labute approximate surface area is 118 Å². The van der Waals surface area contributed by atoms with Crippen LogP contribution in [-0.4, -0.2) is 20.9 Å². The predicted octanol–water partition coefficient (Wildman–Crippen LogP) is 2.77. The van der Waals surface area contributed by atoms with Crippen molar-refractivity contribution in [1.82, 2.24) is 9.78 Å². The fraction of sp³-hybridized carbons (Fsp3) is 0.375. The molecule has 1 aromatic heterocycles. The molecule has 3 rings (SSSR count). The van der Waals surface area contributed by atoms with Gasteiger partial charge in [-0.1, -0.05) is 18.2 Å². The van der Waals surface area contributed by atoms with Crippen LogP contribution in [-0.2, 0) is 24.1 Å². The van der Waals surface area contributed by atoms with Gasteiger partial charge in [0.2, 0.25) is 0 Å². The van der Waals surface area contributed by atoms with E-state index in [1.54, 1.807) is 0 Å². The van der Waals surface area contributed by atoms with E-state index in [-0.39, 0.29) is 6.42 Å². The highest BCUT2D eigenvalue weighted by Gasteiger charge is 2.21. The minimum absolute atomic E-state index is 0.158. The van der Waals surface area contributed by atoms with Crippen molar-refractivity contribution in [2.24, 2.45) is 0 Å².